The lowest BCUT2D eigenvalue weighted by molar-refractivity contribution is -0.149. The Hall–Kier alpha value is -2.24. The molecule has 0 radical (unpaired) electrons. The molecule has 0 saturated heterocycles. The lowest BCUT2D eigenvalue weighted by Gasteiger charge is -1.96. The molecular weight excluding hydrogens is 200 g/mol. The molecule has 78 valence electrons. The SMILES string of the molecule is COC(=O)C(=O)C=C(O)c1ncccn1. The van der Waals surface area contributed by atoms with Crippen LogP contribution in [0.4, 0.5) is 0 Å². The molecule has 0 aliphatic carbocycles. The van der Waals surface area contributed by atoms with Crippen molar-refractivity contribution in [1.82, 2.24) is 9.97 Å². The molecule has 0 fully saturated rings. The Morgan fingerprint density at radius 3 is 2.53 bits per heavy atom. The monoisotopic (exact) mass is 208 g/mol. The number of hydrogen-bond acceptors (Lipinski definition) is 6. The first-order valence-corrected chi connectivity index (χ1v) is 3.95. The third kappa shape index (κ3) is 2.87. The van der Waals surface area contributed by atoms with E-state index in [1.807, 2.05) is 0 Å². The van der Waals surface area contributed by atoms with Gasteiger partial charge in [0.2, 0.25) is 0 Å². The molecular formula is C9H8N2O4. The smallest absolute Gasteiger partial charge is 0.378 e. The predicted molar refractivity (Wildman–Crippen MR) is 49.7 cm³/mol. The standard InChI is InChI=1S/C9H8N2O4/c1-15-9(14)7(13)5-6(12)8-10-3-2-4-11-8/h2-5,12H,1H3. The Labute approximate surface area is 85.2 Å². The first-order chi connectivity index (χ1) is 7.15. The summed E-state index contributed by atoms with van der Waals surface area (Å²) in [5.41, 5.74) is 0. The third-order valence-corrected chi connectivity index (χ3v) is 1.45. The fourth-order valence-electron chi connectivity index (χ4n) is 0.780. The maximum Gasteiger partial charge on any atom is 0.378 e. The molecule has 0 saturated carbocycles. The molecule has 0 atom stereocenters. The number of aromatic nitrogens is 2. The van der Waals surface area contributed by atoms with Gasteiger partial charge in [0.25, 0.3) is 5.78 Å². The summed E-state index contributed by atoms with van der Waals surface area (Å²) in [4.78, 5) is 29.1. The van der Waals surface area contributed by atoms with Crippen LogP contribution in [-0.4, -0.2) is 33.9 Å². The minimum absolute atomic E-state index is 0.0326. The van der Waals surface area contributed by atoms with E-state index in [4.69, 9.17) is 0 Å². The highest BCUT2D eigenvalue weighted by Crippen LogP contribution is 2.03. The summed E-state index contributed by atoms with van der Waals surface area (Å²) in [5, 5.41) is 9.34. The molecule has 6 heteroatoms. The highest BCUT2D eigenvalue weighted by atomic mass is 16.5. The van der Waals surface area contributed by atoms with Crippen molar-refractivity contribution < 1.29 is 19.4 Å². The Morgan fingerprint density at radius 2 is 2.00 bits per heavy atom. The van der Waals surface area contributed by atoms with Crippen LogP contribution in [0.15, 0.2) is 24.5 Å². The second-order valence-corrected chi connectivity index (χ2v) is 2.46. The minimum Gasteiger partial charge on any atom is -0.504 e. The zero-order valence-electron chi connectivity index (χ0n) is 7.88. The lowest BCUT2D eigenvalue weighted by atomic mass is 10.3. The molecule has 0 amide bonds. The molecule has 1 heterocycles. The van der Waals surface area contributed by atoms with Crippen molar-refractivity contribution in [2.24, 2.45) is 0 Å². The largest absolute Gasteiger partial charge is 0.504 e. The molecule has 6 nitrogen and oxygen atoms in total. The van der Waals surface area contributed by atoms with Crippen LogP contribution in [0, 0.1) is 0 Å². The summed E-state index contributed by atoms with van der Waals surface area (Å²) in [6.07, 6.45) is 3.51. The van der Waals surface area contributed by atoms with Crippen molar-refractivity contribution in [3.05, 3.63) is 30.4 Å². The van der Waals surface area contributed by atoms with E-state index in [0.717, 1.165) is 7.11 Å². The van der Waals surface area contributed by atoms with Crippen LogP contribution in [0.2, 0.25) is 0 Å². The zero-order chi connectivity index (χ0) is 11.3. The number of aliphatic hydroxyl groups is 1. The predicted octanol–water partition coefficient (Wildman–Crippen LogP) is 0.118. The van der Waals surface area contributed by atoms with E-state index >= 15 is 0 Å². The Balaban J connectivity index is 2.86. The van der Waals surface area contributed by atoms with Crippen molar-refractivity contribution in [1.29, 1.82) is 0 Å². The van der Waals surface area contributed by atoms with Crippen molar-refractivity contribution in [2.75, 3.05) is 7.11 Å². The van der Waals surface area contributed by atoms with E-state index < -0.39 is 17.5 Å². The lowest BCUT2D eigenvalue weighted by Crippen LogP contribution is -2.13. The third-order valence-electron chi connectivity index (χ3n) is 1.45. The molecule has 15 heavy (non-hydrogen) atoms. The van der Waals surface area contributed by atoms with Crippen LogP contribution >= 0.6 is 0 Å². The second-order valence-electron chi connectivity index (χ2n) is 2.46. The van der Waals surface area contributed by atoms with E-state index in [2.05, 4.69) is 14.7 Å². The Kier molecular flexibility index (Phi) is 3.50. The summed E-state index contributed by atoms with van der Waals surface area (Å²) >= 11 is 0. The number of carbonyl (C=O) groups is 2. The molecule has 1 aromatic heterocycles. The fraction of sp³-hybridized carbons (Fsp3) is 0.111. The van der Waals surface area contributed by atoms with Gasteiger partial charge in [-0.25, -0.2) is 14.8 Å². The molecule has 1 rings (SSSR count). The van der Waals surface area contributed by atoms with E-state index in [9.17, 15) is 14.7 Å². The van der Waals surface area contributed by atoms with Crippen LogP contribution < -0.4 is 0 Å². The van der Waals surface area contributed by atoms with E-state index in [1.54, 1.807) is 6.07 Å². The maximum absolute atomic E-state index is 11.0. The van der Waals surface area contributed by atoms with E-state index in [0.29, 0.717) is 6.08 Å². The first-order valence-electron chi connectivity index (χ1n) is 3.95. The van der Waals surface area contributed by atoms with Gasteiger partial charge in [0.05, 0.1) is 7.11 Å². The number of ketones is 1. The number of rotatable bonds is 3. The Bertz CT molecular complexity index is 400. The molecule has 0 aromatic carbocycles. The normalized spacial score (nSPS) is 10.9. The van der Waals surface area contributed by atoms with Gasteiger partial charge in [-0.05, 0) is 6.07 Å². The average molecular weight is 208 g/mol. The topological polar surface area (TPSA) is 89.4 Å². The quantitative estimate of drug-likeness (QED) is 0.328. The number of methoxy groups -OCH3 is 1. The molecule has 0 spiro atoms. The van der Waals surface area contributed by atoms with Crippen molar-refractivity contribution in [3.8, 4) is 0 Å². The zero-order valence-corrected chi connectivity index (χ0v) is 7.88. The minimum atomic E-state index is -1.06. The van der Waals surface area contributed by atoms with Crippen LogP contribution in [0.3, 0.4) is 0 Å². The van der Waals surface area contributed by atoms with Crippen LogP contribution in [-0.2, 0) is 14.3 Å². The summed E-state index contributed by atoms with van der Waals surface area (Å²) in [6, 6.07) is 1.55. The fourth-order valence-corrected chi connectivity index (χ4v) is 0.780. The highest BCUT2D eigenvalue weighted by Gasteiger charge is 2.13. The van der Waals surface area contributed by atoms with Gasteiger partial charge in [-0.3, -0.25) is 4.79 Å². The van der Waals surface area contributed by atoms with Crippen LogP contribution in [0.1, 0.15) is 5.82 Å². The number of aliphatic hydroxyl groups excluding tert-OH is 1. The number of ether oxygens (including phenoxy) is 1. The number of esters is 1. The molecule has 1 N–H and O–H groups in total. The summed E-state index contributed by atoms with van der Waals surface area (Å²) in [6.45, 7) is 0. The van der Waals surface area contributed by atoms with Gasteiger partial charge in [0.15, 0.2) is 11.6 Å². The first kappa shape index (κ1) is 10.8. The van der Waals surface area contributed by atoms with Crippen molar-refractivity contribution in [2.45, 2.75) is 0 Å². The molecule has 1 aromatic rings. The molecule has 0 unspecified atom stereocenters. The highest BCUT2D eigenvalue weighted by molar-refractivity contribution is 6.39. The number of carbonyl (C=O) groups excluding carboxylic acids is 2. The van der Waals surface area contributed by atoms with Gasteiger partial charge >= 0.3 is 5.97 Å². The van der Waals surface area contributed by atoms with Gasteiger partial charge in [-0.1, -0.05) is 0 Å². The van der Waals surface area contributed by atoms with E-state index in [-0.39, 0.29) is 5.82 Å². The van der Waals surface area contributed by atoms with Crippen molar-refractivity contribution in [3.63, 3.8) is 0 Å². The Morgan fingerprint density at radius 1 is 1.40 bits per heavy atom. The number of hydrogen-bond donors (Lipinski definition) is 1. The molecule has 0 aliphatic rings. The summed E-state index contributed by atoms with van der Waals surface area (Å²) in [7, 11) is 1.07. The maximum atomic E-state index is 11.0. The second kappa shape index (κ2) is 4.85. The van der Waals surface area contributed by atoms with Crippen molar-refractivity contribution >= 4 is 17.5 Å². The summed E-state index contributed by atoms with van der Waals surface area (Å²) in [5.74, 6) is -2.54. The van der Waals surface area contributed by atoms with Gasteiger partial charge in [-0.2, -0.15) is 0 Å². The van der Waals surface area contributed by atoms with Gasteiger partial charge < -0.3 is 9.84 Å². The summed E-state index contributed by atoms with van der Waals surface area (Å²) < 4.78 is 4.16. The molecule has 0 bridgehead atoms. The number of nitrogens with zero attached hydrogens (tertiary/aromatic N) is 2. The van der Waals surface area contributed by atoms with Gasteiger partial charge in [0, 0.05) is 18.5 Å². The molecule has 0 aliphatic heterocycles. The average Bonchev–Trinajstić information content (AvgIpc) is 2.29. The van der Waals surface area contributed by atoms with E-state index in [1.165, 1.54) is 12.4 Å². The van der Waals surface area contributed by atoms with Crippen LogP contribution in [0.25, 0.3) is 5.76 Å². The van der Waals surface area contributed by atoms with Gasteiger partial charge in [0.1, 0.15) is 0 Å². The van der Waals surface area contributed by atoms with Gasteiger partial charge in [-0.15, -0.1) is 0 Å². The van der Waals surface area contributed by atoms with Crippen LogP contribution in [0.5, 0.6) is 0 Å².